The van der Waals surface area contributed by atoms with Crippen molar-refractivity contribution >= 4 is 5.91 Å². The SMILES string of the molecule is CC1(C)Oc2ccccc2[C@H]2O[C@H]3CCN(CC(N)=O)C[C@H]3C[C@@H]21. The van der Waals surface area contributed by atoms with Crippen LogP contribution in [0.5, 0.6) is 5.75 Å². The second-order valence-corrected chi connectivity index (χ2v) is 7.93. The fourth-order valence-electron chi connectivity index (χ4n) is 4.69. The molecule has 0 saturated carbocycles. The Kier molecular flexibility index (Phi) is 3.81. The van der Waals surface area contributed by atoms with E-state index in [1.807, 2.05) is 12.1 Å². The van der Waals surface area contributed by atoms with Crippen LogP contribution in [0.3, 0.4) is 0 Å². The van der Waals surface area contributed by atoms with Crippen LogP contribution >= 0.6 is 0 Å². The highest BCUT2D eigenvalue weighted by Crippen LogP contribution is 2.52. The molecule has 2 fully saturated rings. The molecule has 2 N–H and O–H groups in total. The normalized spacial score (nSPS) is 34.4. The molecule has 2 saturated heterocycles. The molecule has 0 aliphatic carbocycles. The number of carbonyl (C=O) groups is 1. The molecule has 3 heterocycles. The van der Waals surface area contributed by atoms with Crippen molar-refractivity contribution in [2.45, 2.75) is 44.5 Å². The molecule has 0 unspecified atom stereocenters. The van der Waals surface area contributed by atoms with E-state index in [1.54, 1.807) is 0 Å². The Morgan fingerprint density at radius 1 is 1.38 bits per heavy atom. The molecule has 130 valence electrons. The molecule has 1 amide bonds. The Bertz CT molecular complexity index is 645. The fourth-order valence-corrected chi connectivity index (χ4v) is 4.69. The summed E-state index contributed by atoms with van der Waals surface area (Å²) in [4.78, 5) is 13.4. The molecule has 0 aromatic heterocycles. The second kappa shape index (κ2) is 5.74. The first-order valence-corrected chi connectivity index (χ1v) is 8.88. The number of rotatable bonds is 2. The Hall–Kier alpha value is -1.59. The van der Waals surface area contributed by atoms with Gasteiger partial charge in [-0.3, -0.25) is 9.69 Å². The summed E-state index contributed by atoms with van der Waals surface area (Å²) < 4.78 is 12.9. The van der Waals surface area contributed by atoms with E-state index < -0.39 is 0 Å². The summed E-state index contributed by atoms with van der Waals surface area (Å²) in [7, 11) is 0. The summed E-state index contributed by atoms with van der Waals surface area (Å²) >= 11 is 0. The zero-order valence-corrected chi connectivity index (χ0v) is 14.4. The third kappa shape index (κ3) is 2.70. The van der Waals surface area contributed by atoms with E-state index in [2.05, 4.69) is 30.9 Å². The average molecular weight is 330 g/mol. The van der Waals surface area contributed by atoms with E-state index in [-0.39, 0.29) is 23.7 Å². The number of piperidine rings is 1. The summed E-state index contributed by atoms with van der Waals surface area (Å²) in [5.41, 5.74) is 6.29. The molecule has 4 rings (SSSR count). The predicted octanol–water partition coefficient (Wildman–Crippen LogP) is 2.11. The smallest absolute Gasteiger partial charge is 0.231 e. The number of fused-ring (bicyclic) bond motifs is 4. The molecule has 4 atom stereocenters. The first kappa shape index (κ1) is 15.9. The Morgan fingerprint density at radius 3 is 2.96 bits per heavy atom. The molecule has 3 aliphatic rings. The van der Waals surface area contributed by atoms with Crippen molar-refractivity contribution in [3.05, 3.63) is 29.8 Å². The largest absolute Gasteiger partial charge is 0.487 e. The molecule has 0 bridgehead atoms. The number of ether oxygens (including phenoxy) is 2. The molecular weight excluding hydrogens is 304 g/mol. The fraction of sp³-hybridized carbons (Fsp3) is 0.632. The first-order valence-electron chi connectivity index (χ1n) is 8.88. The van der Waals surface area contributed by atoms with E-state index in [4.69, 9.17) is 15.2 Å². The van der Waals surface area contributed by atoms with Gasteiger partial charge < -0.3 is 15.2 Å². The molecule has 24 heavy (non-hydrogen) atoms. The van der Waals surface area contributed by atoms with Crippen LogP contribution in [-0.2, 0) is 9.53 Å². The number of hydrogen-bond acceptors (Lipinski definition) is 4. The summed E-state index contributed by atoms with van der Waals surface area (Å²) in [5, 5.41) is 0. The number of nitrogens with two attached hydrogens (primary N) is 1. The average Bonchev–Trinajstić information content (AvgIpc) is 2.52. The van der Waals surface area contributed by atoms with Crippen molar-refractivity contribution in [1.82, 2.24) is 4.90 Å². The zero-order valence-electron chi connectivity index (χ0n) is 14.4. The van der Waals surface area contributed by atoms with Crippen LogP contribution in [0.2, 0.25) is 0 Å². The van der Waals surface area contributed by atoms with E-state index in [1.165, 1.54) is 5.56 Å². The zero-order chi connectivity index (χ0) is 16.9. The molecule has 5 heteroatoms. The molecular formula is C19H26N2O3. The number of hydrogen-bond donors (Lipinski definition) is 1. The van der Waals surface area contributed by atoms with Gasteiger partial charge in [-0.05, 0) is 38.7 Å². The minimum absolute atomic E-state index is 0.105. The Morgan fingerprint density at radius 2 is 2.17 bits per heavy atom. The van der Waals surface area contributed by atoms with Crippen molar-refractivity contribution < 1.29 is 14.3 Å². The van der Waals surface area contributed by atoms with Crippen molar-refractivity contribution in [3.8, 4) is 5.75 Å². The van der Waals surface area contributed by atoms with Crippen LogP contribution in [0.15, 0.2) is 24.3 Å². The summed E-state index contributed by atoms with van der Waals surface area (Å²) in [6.07, 6.45) is 2.39. The number of para-hydroxylation sites is 1. The number of likely N-dealkylation sites (tertiary alicyclic amines) is 1. The lowest BCUT2D eigenvalue weighted by Crippen LogP contribution is -2.55. The minimum atomic E-state index is -0.254. The molecule has 5 nitrogen and oxygen atoms in total. The van der Waals surface area contributed by atoms with Gasteiger partial charge >= 0.3 is 0 Å². The highest BCUT2D eigenvalue weighted by atomic mass is 16.5. The number of carbonyl (C=O) groups excluding carboxylic acids is 1. The maximum atomic E-state index is 11.2. The number of primary amides is 1. The van der Waals surface area contributed by atoms with Gasteiger partial charge in [-0.15, -0.1) is 0 Å². The van der Waals surface area contributed by atoms with Gasteiger partial charge in [0, 0.05) is 24.6 Å². The standard InChI is InChI=1S/C19H26N2O3/c1-19(2)14-9-12-10-21(11-17(20)22)8-7-15(12)23-18(14)13-5-3-4-6-16(13)24-19/h3-6,12,14-15,18H,7-11H2,1-2H3,(H2,20,22)/t12-,14+,15+,18-/m1/s1. The monoisotopic (exact) mass is 330 g/mol. The van der Waals surface area contributed by atoms with Crippen LogP contribution in [-0.4, -0.2) is 42.1 Å². The topological polar surface area (TPSA) is 64.8 Å². The van der Waals surface area contributed by atoms with Crippen LogP contribution < -0.4 is 10.5 Å². The van der Waals surface area contributed by atoms with Crippen molar-refractivity contribution in [2.75, 3.05) is 19.6 Å². The minimum Gasteiger partial charge on any atom is -0.487 e. The Labute approximate surface area is 143 Å². The van der Waals surface area contributed by atoms with Gasteiger partial charge in [0.05, 0.1) is 18.8 Å². The van der Waals surface area contributed by atoms with Gasteiger partial charge in [0.25, 0.3) is 0 Å². The van der Waals surface area contributed by atoms with Gasteiger partial charge in [-0.1, -0.05) is 18.2 Å². The molecule has 0 spiro atoms. The lowest BCUT2D eigenvalue weighted by Gasteiger charge is -2.53. The highest BCUT2D eigenvalue weighted by Gasteiger charge is 2.51. The van der Waals surface area contributed by atoms with E-state index in [0.717, 1.165) is 31.7 Å². The van der Waals surface area contributed by atoms with Gasteiger partial charge in [0.15, 0.2) is 0 Å². The van der Waals surface area contributed by atoms with Crippen molar-refractivity contribution in [2.24, 2.45) is 17.6 Å². The lowest BCUT2D eigenvalue weighted by molar-refractivity contribution is -0.187. The van der Waals surface area contributed by atoms with Gasteiger partial charge in [0.2, 0.25) is 5.91 Å². The van der Waals surface area contributed by atoms with Crippen LogP contribution in [0.4, 0.5) is 0 Å². The van der Waals surface area contributed by atoms with Crippen LogP contribution in [0, 0.1) is 11.8 Å². The first-order chi connectivity index (χ1) is 11.4. The third-order valence-electron chi connectivity index (χ3n) is 5.86. The van der Waals surface area contributed by atoms with Gasteiger partial charge in [-0.25, -0.2) is 0 Å². The maximum absolute atomic E-state index is 11.2. The second-order valence-electron chi connectivity index (χ2n) is 7.93. The van der Waals surface area contributed by atoms with Crippen LogP contribution in [0.1, 0.15) is 38.4 Å². The van der Waals surface area contributed by atoms with E-state index >= 15 is 0 Å². The number of nitrogens with zero attached hydrogens (tertiary/aromatic N) is 1. The van der Waals surface area contributed by atoms with Gasteiger partial charge in [-0.2, -0.15) is 0 Å². The van der Waals surface area contributed by atoms with E-state index in [0.29, 0.717) is 18.4 Å². The van der Waals surface area contributed by atoms with Crippen molar-refractivity contribution in [3.63, 3.8) is 0 Å². The quantitative estimate of drug-likeness (QED) is 0.902. The molecule has 1 aromatic rings. The number of amides is 1. The maximum Gasteiger partial charge on any atom is 0.231 e. The highest BCUT2D eigenvalue weighted by molar-refractivity contribution is 5.75. The Balaban J connectivity index is 1.58. The molecule has 1 aromatic carbocycles. The molecule has 3 aliphatic heterocycles. The summed E-state index contributed by atoms with van der Waals surface area (Å²) in [6.45, 7) is 6.43. The number of benzene rings is 1. The predicted molar refractivity (Wildman–Crippen MR) is 90.6 cm³/mol. The van der Waals surface area contributed by atoms with E-state index in [9.17, 15) is 4.79 Å². The van der Waals surface area contributed by atoms with Crippen molar-refractivity contribution in [1.29, 1.82) is 0 Å². The lowest BCUT2D eigenvalue weighted by atomic mass is 9.70. The van der Waals surface area contributed by atoms with Crippen LogP contribution in [0.25, 0.3) is 0 Å². The molecule has 0 radical (unpaired) electrons. The summed E-state index contributed by atoms with van der Waals surface area (Å²) in [6, 6.07) is 8.24. The third-order valence-corrected chi connectivity index (χ3v) is 5.86. The summed E-state index contributed by atoms with van der Waals surface area (Å²) in [5.74, 6) is 1.46. The van der Waals surface area contributed by atoms with Gasteiger partial charge in [0.1, 0.15) is 11.4 Å².